The number of likely N-dealkylation sites (tertiary alicyclic amines) is 1. The van der Waals surface area contributed by atoms with Crippen molar-refractivity contribution in [2.75, 3.05) is 19.6 Å². The standard InChI is InChI=1S/C20H25N7O2/c1-2-19-22-18(24-29-19)14-26-10-8-15(9-11-26)12-21-20(28)17-13-27(25-23-17)16-6-4-3-5-7-16/h3-7,13,15H,2,8-12,14H2,1H3,(H,21,28). The molecule has 152 valence electrons. The van der Waals surface area contributed by atoms with Crippen molar-refractivity contribution in [2.24, 2.45) is 5.92 Å². The number of para-hydroxylation sites is 1. The van der Waals surface area contributed by atoms with E-state index in [9.17, 15) is 4.79 Å². The summed E-state index contributed by atoms with van der Waals surface area (Å²) in [5.41, 5.74) is 1.20. The summed E-state index contributed by atoms with van der Waals surface area (Å²) in [4.78, 5) is 19.1. The van der Waals surface area contributed by atoms with Crippen LogP contribution >= 0.6 is 0 Å². The molecule has 0 atom stereocenters. The van der Waals surface area contributed by atoms with E-state index in [0.29, 0.717) is 30.6 Å². The molecule has 1 aliphatic heterocycles. The second kappa shape index (κ2) is 8.95. The summed E-state index contributed by atoms with van der Waals surface area (Å²) < 4.78 is 6.77. The molecule has 3 heterocycles. The normalized spacial score (nSPS) is 15.5. The van der Waals surface area contributed by atoms with Gasteiger partial charge in [0.1, 0.15) is 0 Å². The SMILES string of the molecule is CCc1nc(CN2CCC(CNC(=O)c3cn(-c4ccccc4)nn3)CC2)no1. The van der Waals surface area contributed by atoms with Gasteiger partial charge in [-0.3, -0.25) is 9.69 Å². The maximum absolute atomic E-state index is 12.4. The van der Waals surface area contributed by atoms with Crippen LogP contribution in [0, 0.1) is 5.92 Å². The van der Waals surface area contributed by atoms with Crippen molar-refractivity contribution in [2.45, 2.75) is 32.7 Å². The van der Waals surface area contributed by atoms with Crippen molar-refractivity contribution >= 4 is 5.91 Å². The Morgan fingerprint density at radius 2 is 2.03 bits per heavy atom. The Hall–Kier alpha value is -3.07. The predicted octanol–water partition coefficient (Wildman–Crippen LogP) is 1.85. The van der Waals surface area contributed by atoms with E-state index in [-0.39, 0.29) is 5.91 Å². The Kier molecular flexibility index (Phi) is 5.95. The molecule has 0 radical (unpaired) electrons. The van der Waals surface area contributed by atoms with Crippen LogP contribution in [0.3, 0.4) is 0 Å². The molecular weight excluding hydrogens is 370 g/mol. The van der Waals surface area contributed by atoms with Crippen LogP contribution in [-0.4, -0.2) is 55.6 Å². The number of benzene rings is 1. The molecule has 2 aromatic heterocycles. The summed E-state index contributed by atoms with van der Waals surface area (Å²) in [6.07, 6.45) is 4.46. The largest absolute Gasteiger partial charge is 0.350 e. The van der Waals surface area contributed by atoms with E-state index in [4.69, 9.17) is 4.52 Å². The van der Waals surface area contributed by atoms with Crippen LogP contribution in [0.1, 0.15) is 42.0 Å². The van der Waals surface area contributed by atoms with Gasteiger partial charge >= 0.3 is 0 Å². The number of aromatic nitrogens is 5. The molecule has 0 unspecified atom stereocenters. The smallest absolute Gasteiger partial charge is 0.273 e. The molecule has 29 heavy (non-hydrogen) atoms. The number of piperidine rings is 1. The van der Waals surface area contributed by atoms with Crippen LogP contribution in [0.25, 0.3) is 5.69 Å². The van der Waals surface area contributed by atoms with E-state index in [0.717, 1.165) is 43.9 Å². The molecule has 0 saturated carbocycles. The van der Waals surface area contributed by atoms with Crippen molar-refractivity contribution in [1.82, 2.24) is 35.4 Å². The van der Waals surface area contributed by atoms with Gasteiger partial charge in [-0.1, -0.05) is 35.5 Å². The van der Waals surface area contributed by atoms with Gasteiger partial charge < -0.3 is 9.84 Å². The number of carbonyl (C=O) groups is 1. The highest BCUT2D eigenvalue weighted by Gasteiger charge is 2.22. The molecule has 0 bridgehead atoms. The summed E-state index contributed by atoms with van der Waals surface area (Å²) in [6, 6.07) is 9.61. The van der Waals surface area contributed by atoms with Crippen molar-refractivity contribution in [1.29, 1.82) is 0 Å². The molecule has 1 fully saturated rings. The van der Waals surface area contributed by atoms with Gasteiger partial charge in [-0.25, -0.2) is 4.68 Å². The van der Waals surface area contributed by atoms with Gasteiger partial charge in [0.2, 0.25) is 5.89 Å². The van der Waals surface area contributed by atoms with Gasteiger partial charge in [-0.05, 0) is 44.0 Å². The zero-order chi connectivity index (χ0) is 20.1. The maximum atomic E-state index is 12.4. The van der Waals surface area contributed by atoms with E-state index in [1.807, 2.05) is 37.3 Å². The fourth-order valence-electron chi connectivity index (χ4n) is 3.45. The number of nitrogens with one attached hydrogen (secondary N) is 1. The second-order valence-electron chi connectivity index (χ2n) is 7.27. The lowest BCUT2D eigenvalue weighted by Gasteiger charge is -2.31. The first-order chi connectivity index (χ1) is 14.2. The minimum atomic E-state index is -0.187. The van der Waals surface area contributed by atoms with Crippen LogP contribution in [0.15, 0.2) is 41.1 Å². The first-order valence-electron chi connectivity index (χ1n) is 10.0. The van der Waals surface area contributed by atoms with Crippen molar-refractivity contribution < 1.29 is 9.32 Å². The average molecular weight is 395 g/mol. The highest BCUT2D eigenvalue weighted by Crippen LogP contribution is 2.18. The molecule has 4 rings (SSSR count). The third kappa shape index (κ3) is 4.86. The second-order valence-corrected chi connectivity index (χ2v) is 7.27. The van der Waals surface area contributed by atoms with Crippen molar-refractivity contribution in [3.8, 4) is 5.69 Å². The number of rotatable bonds is 7. The summed E-state index contributed by atoms with van der Waals surface area (Å²) >= 11 is 0. The number of nitrogens with zero attached hydrogens (tertiary/aromatic N) is 6. The molecule has 0 spiro atoms. The fourth-order valence-corrected chi connectivity index (χ4v) is 3.45. The molecule has 3 aromatic rings. The first-order valence-corrected chi connectivity index (χ1v) is 10.0. The van der Waals surface area contributed by atoms with Crippen LogP contribution in [0.4, 0.5) is 0 Å². The lowest BCUT2D eigenvalue weighted by Crippen LogP contribution is -2.38. The van der Waals surface area contributed by atoms with Crippen LogP contribution in [0.2, 0.25) is 0 Å². The van der Waals surface area contributed by atoms with Gasteiger partial charge in [0.25, 0.3) is 5.91 Å². The molecule has 9 nitrogen and oxygen atoms in total. The topological polar surface area (TPSA) is 102 Å². The van der Waals surface area contributed by atoms with E-state index >= 15 is 0 Å². The molecular formula is C20H25N7O2. The van der Waals surface area contributed by atoms with Gasteiger partial charge in [0, 0.05) is 13.0 Å². The van der Waals surface area contributed by atoms with E-state index in [1.54, 1.807) is 10.9 Å². The highest BCUT2D eigenvalue weighted by molar-refractivity contribution is 5.91. The van der Waals surface area contributed by atoms with E-state index in [1.165, 1.54) is 0 Å². The summed E-state index contributed by atoms with van der Waals surface area (Å²) in [6.45, 7) is 5.28. The van der Waals surface area contributed by atoms with Gasteiger partial charge in [0.05, 0.1) is 18.4 Å². The van der Waals surface area contributed by atoms with Crippen LogP contribution in [0.5, 0.6) is 0 Å². The summed E-state index contributed by atoms with van der Waals surface area (Å²) in [5.74, 6) is 1.70. The number of hydrogen-bond acceptors (Lipinski definition) is 7. The zero-order valence-electron chi connectivity index (χ0n) is 16.5. The molecule has 0 aliphatic carbocycles. The van der Waals surface area contributed by atoms with Gasteiger partial charge in [-0.15, -0.1) is 5.10 Å². The minimum Gasteiger partial charge on any atom is -0.350 e. The van der Waals surface area contributed by atoms with Gasteiger partial charge in [0.15, 0.2) is 11.5 Å². The Morgan fingerprint density at radius 3 is 2.76 bits per heavy atom. The maximum Gasteiger partial charge on any atom is 0.273 e. The summed E-state index contributed by atoms with van der Waals surface area (Å²) in [7, 11) is 0. The predicted molar refractivity (Wildman–Crippen MR) is 105 cm³/mol. The van der Waals surface area contributed by atoms with Crippen molar-refractivity contribution in [3.63, 3.8) is 0 Å². The monoisotopic (exact) mass is 395 g/mol. The number of aryl methyl sites for hydroxylation is 1. The van der Waals surface area contributed by atoms with Crippen molar-refractivity contribution in [3.05, 3.63) is 53.9 Å². The number of carbonyl (C=O) groups excluding carboxylic acids is 1. The lowest BCUT2D eigenvalue weighted by molar-refractivity contribution is 0.0929. The first kappa shape index (κ1) is 19.3. The third-order valence-electron chi connectivity index (χ3n) is 5.18. The van der Waals surface area contributed by atoms with Crippen LogP contribution in [-0.2, 0) is 13.0 Å². The Bertz CT molecular complexity index is 929. The highest BCUT2D eigenvalue weighted by atomic mass is 16.5. The molecule has 1 N–H and O–H groups in total. The molecule has 1 amide bonds. The number of hydrogen-bond donors (Lipinski definition) is 1. The van der Waals surface area contributed by atoms with Gasteiger partial charge in [-0.2, -0.15) is 4.98 Å². The van der Waals surface area contributed by atoms with E-state index in [2.05, 4.69) is 30.7 Å². The Labute approximate surface area is 169 Å². The van der Waals surface area contributed by atoms with Crippen LogP contribution < -0.4 is 5.32 Å². The Balaban J connectivity index is 1.22. The molecule has 1 saturated heterocycles. The summed E-state index contributed by atoms with van der Waals surface area (Å²) in [5, 5.41) is 15.0. The fraction of sp³-hybridized carbons (Fsp3) is 0.450. The molecule has 9 heteroatoms. The van der Waals surface area contributed by atoms with E-state index < -0.39 is 0 Å². The minimum absolute atomic E-state index is 0.187. The third-order valence-corrected chi connectivity index (χ3v) is 5.18. The quantitative estimate of drug-likeness (QED) is 0.651. The Morgan fingerprint density at radius 1 is 1.24 bits per heavy atom. The molecule has 1 aliphatic rings. The lowest BCUT2D eigenvalue weighted by atomic mass is 9.97. The zero-order valence-corrected chi connectivity index (χ0v) is 16.5. The molecule has 1 aromatic carbocycles. The average Bonchev–Trinajstić information content (AvgIpc) is 3.43. The number of amides is 1.